The van der Waals surface area contributed by atoms with E-state index < -0.39 is 5.97 Å². The van der Waals surface area contributed by atoms with E-state index in [1.54, 1.807) is 25.3 Å². The van der Waals surface area contributed by atoms with Crippen LogP contribution in [0.1, 0.15) is 57.4 Å². The Kier molecular flexibility index (Phi) is 5.38. The maximum Gasteiger partial charge on any atom is 0.341 e. The molecular weight excluding hydrogens is 418 g/mol. The van der Waals surface area contributed by atoms with E-state index >= 15 is 0 Å². The van der Waals surface area contributed by atoms with Crippen LogP contribution in [0, 0.1) is 0 Å². The molecule has 0 unspecified atom stereocenters. The Morgan fingerprint density at radius 3 is 2.61 bits per heavy atom. The Balaban J connectivity index is 1.33. The molecule has 2 aliphatic rings. The van der Waals surface area contributed by atoms with Crippen molar-refractivity contribution in [3.8, 4) is 0 Å². The van der Waals surface area contributed by atoms with Gasteiger partial charge in [0.15, 0.2) is 0 Å². The fourth-order valence-corrected chi connectivity index (χ4v) is 4.53. The molecule has 1 N–H and O–H groups in total. The van der Waals surface area contributed by atoms with E-state index in [0.29, 0.717) is 16.8 Å². The van der Waals surface area contributed by atoms with Gasteiger partial charge < -0.3 is 15.0 Å². The first kappa shape index (κ1) is 21.2. The van der Waals surface area contributed by atoms with Gasteiger partial charge in [0.05, 0.1) is 12.2 Å². The largest absolute Gasteiger partial charge is 0.462 e. The van der Waals surface area contributed by atoms with Gasteiger partial charge in [-0.25, -0.2) is 19.7 Å². The number of nitrogens with one attached hydrogen (secondary N) is 1. The van der Waals surface area contributed by atoms with Gasteiger partial charge in [0.2, 0.25) is 11.6 Å². The van der Waals surface area contributed by atoms with E-state index in [9.17, 15) is 9.59 Å². The molecule has 1 aliphatic carbocycles. The number of pyridine rings is 1. The lowest BCUT2D eigenvalue weighted by Crippen LogP contribution is -2.35. The molecule has 33 heavy (non-hydrogen) atoms. The molecule has 5 rings (SSSR count). The van der Waals surface area contributed by atoms with Crippen molar-refractivity contribution in [1.29, 1.82) is 0 Å². The second-order valence-electron chi connectivity index (χ2n) is 8.72. The van der Waals surface area contributed by atoms with Crippen LogP contribution in [-0.2, 0) is 16.7 Å². The summed E-state index contributed by atoms with van der Waals surface area (Å²) in [6, 6.07) is 9.79. The molecule has 1 fully saturated rings. The molecule has 8 heteroatoms. The zero-order chi connectivity index (χ0) is 23.0. The third-order valence-corrected chi connectivity index (χ3v) is 6.20. The molecular formula is C25H25N5O3. The van der Waals surface area contributed by atoms with Crippen molar-refractivity contribution < 1.29 is 14.3 Å². The van der Waals surface area contributed by atoms with Gasteiger partial charge in [0.1, 0.15) is 5.82 Å². The molecule has 1 aromatic carbocycles. The molecule has 2 aromatic heterocycles. The number of anilines is 2. The highest BCUT2D eigenvalue weighted by molar-refractivity contribution is 6.07. The van der Waals surface area contributed by atoms with Crippen LogP contribution < -0.4 is 5.32 Å². The molecule has 3 aromatic rings. The van der Waals surface area contributed by atoms with Crippen LogP contribution in [0.2, 0.25) is 0 Å². The lowest BCUT2D eigenvalue weighted by molar-refractivity contribution is 0.0525. The van der Waals surface area contributed by atoms with E-state index in [1.165, 1.54) is 36.4 Å². The third kappa shape index (κ3) is 4.21. The average molecular weight is 444 g/mol. The van der Waals surface area contributed by atoms with Crippen LogP contribution in [0.25, 0.3) is 0 Å². The van der Waals surface area contributed by atoms with Crippen LogP contribution in [0.15, 0.2) is 48.9 Å². The van der Waals surface area contributed by atoms with E-state index in [0.717, 1.165) is 18.8 Å². The van der Waals surface area contributed by atoms with Crippen LogP contribution >= 0.6 is 0 Å². The number of rotatable bonds is 6. The Bertz CT molecular complexity index is 1220. The average Bonchev–Trinajstić information content (AvgIpc) is 3.58. The smallest absolute Gasteiger partial charge is 0.341 e. The van der Waals surface area contributed by atoms with Gasteiger partial charge in [-0.2, -0.15) is 0 Å². The van der Waals surface area contributed by atoms with Gasteiger partial charge in [-0.15, -0.1) is 0 Å². The molecule has 0 bridgehead atoms. The van der Waals surface area contributed by atoms with Crippen molar-refractivity contribution in [2.24, 2.45) is 0 Å². The number of hydrogen-bond acceptors (Lipinski definition) is 8. The number of benzene rings is 1. The lowest BCUT2D eigenvalue weighted by atomic mass is 9.87. The summed E-state index contributed by atoms with van der Waals surface area (Å²) < 4.78 is 4.92. The summed E-state index contributed by atoms with van der Waals surface area (Å²) in [7, 11) is 2.17. The maximum atomic E-state index is 12.9. The highest BCUT2D eigenvalue weighted by Crippen LogP contribution is 2.52. The number of fused-ring (bicyclic) bond motifs is 2. The maximum absolute atomic E-state index is 12.9. The molecule has 1 saturated carbocycles. The quantitative estimate of drug-likeness (QED) is 0.457. The summed E-state index contributed by atoms with van der Waals surface area (Å²) >= 11 is 0. The number of ether oxygens (including phenoxy) is 1. The van der Waals surface area contributed by atoms with Gasteiger partial charge >= 0.3 is 5.97 Å². The van der Waals surface area contributed by atoms with E-state index in [2.05, 4.69) is 50.4 Å². The number of carbonyl (C=O) groups excluding carboxylic acids is 2. The first-order valence-corrected chi connectivity index (χ1v) is 11.1. The second kappa shape index (κ2) is 8.37. The van der Waals surface area contributed by atoms with Crippen molar-refractivity contribution in [3.63, 3.8) is 0 Å². The molecule has 0 amide bonds. The van der Waals surface area contributed by atoms with Crippen molar-refractivity contribution in [3.05, 3.63) is 77.0 Å². The zero-order valence-electron chi connectivity index (χ0n) is 18.7. The number of carbonyl (C=O) groups is 2. The fraction of sp³-hybridized carbons (Fsp3) is 0.320. The zero-order valence-corrected chi connectivity index (χ0v) is 18.7. The van der Waals surface area contributed by atoms with Crippen LogP contribution in [0.5, 0.6) is 0 Å². The number of aromatic nitrogens is 3. The van der Waals surface area contributed by atoms with Crippen molar-refractivity contribution in [1.82, 2.24) is 19.9 Å². The summed E-state index contributed by atoms with van der Waals surface area (Å²) in [5.74, 6) is -0.296. The minimum atomic E-state index is -0.518. The van der Waals surface area contributed by atoms with Crippen molar-refractivity contribution in [2.75, 3.05) is 25.5 Å². The van der Waals surface area contributed by atoms with Crippen LogP contribution in [0.3, 0.4) is 0 Å². The number of likely N-dealkylation sites (N-methyl/N-ethyl adjacent to an activating group) is 1. The number of nitrogens with zero attached hydrogens (tertiary/aromatic N) is 4. The van der Waals surface area contributed by atoms with E-state index in [4.69, 9.17) is 4.74 Å². The molecule has 0 atom stereocenters. The third-order valence-electron chi connectivity index (χ3n) is 6.20. The van der Waals surface area contributed by atoms with Crippen molar-refractivity contribution >= 4 is 23.3 Å². The number of hydrogen-bond donors (Lipinski definition) is 1. The van der Waals surface area contributed by atoms with E-state index in [-0.39, 0.29) is 23.8 Å². The molecule has 1 aliphatic heterocycles. The Morgan fingerprint density at radius 2 is 1.88 bits per heavy atom. The Hall–Kier alpha value is -3.65. The van der Waals surface area contributed by atoms with Gasteiger partial charge in [-0.1, -0.05) is 6.07 Å². The van der Waals surface area contributed by atoms with Crippen LogP contribution in [0.4, 0.5) is 11.5 Å². The van der Waals surface area contributed by atoms with E-state index in [1.807, 2.05) is 0 Å². The summed E-state index contributed by atoms with van der Waals surface area (Å²) in [6.45, 7) is 4.03. The Morgan fingerprint density at radius 1 is 1.09 bits per heavy atom. The standard InChI is InChI=1S/C25H25N5O3/c1-3-33-24(32)18-12-27-23(28-13-18)22(31)16-6-9-26-21(11-16)29-19-4-5-20-17(10-19)14-30(2)15-25(20)7-8-25/h4-6,9-13H,3,7-8,14-15H2,1-2H3,(H,26,29). The van der Waals surface area contributed by atoms with Gasteiger partial charge in [0.25, 0.3) is 0 Å². The highest BCUT2D eigenvalue weighted by Gasteiger charge is 2.48. The molecule has 0 radical (unpaired) electrons. The minimum Gasteiger partial charge on any atom is -0.462 e. The summed E-state index contributed by atoms with van der Waals surface area (Å²) in [5, 5.41) is 3.32. The topological polar surface area (TPSA) is 97.3 Å². The second-order valence-corrected chi connectivity index (χ2v) is 8.72. The normalized spacial score (nSPS) is 16.2. The fourth-order valence-electron chi connectivity index (χ4n) is 4.53. The number of esters is 1. The molecule has 1 spiro atoms. The van der Waals surface area contributed by atoms with Crippen LogP contribution in [-0.4, -0.2) is 51.8 Å². The predicted molar refractivity (Wildman–Crippen MR) is 123 cm³/mol. The molecule has 0 saturated heterocycles. The molecule has 168 valence electrons. The summed E-state index contributed by atoms with van der Waals surface area (Å²) in [6.07, 6.45) is 6.69. The predicted octanol–water partition coefficient (Wildman–Crippen LogP) is 3.50. The SMILES string of the molecule is CCOC(=O)c1cnc(C(=O)c2ccnc(Nc3ccc4c(c3)CN(C)CC43CC3)c2)nc1. The lowest BCUT2D eigenvalue weighted by Gasteiger charge is -2.32. The first-order valence-electron chi connectivity index (χ1n) is 11.1. The Labute approximate surface area is 192 Å². The number of ketones is 1. The van der Waals surface area contributed by atoms with Gasteiger partial charge in [-0.05, 0) is 62.2 Å². The summed E-state index contributed by atoms with van der Waals surface area (Å²) in [4.78, 5) is 39.4. The highest BCUT2D eigenvalue weighted by atomic mass is 16.5. The van der Waals surface area contributed by atoms with Gasteiger partial charge in [-0.3, -0.25) is 4.79 Å². The summed E-state index contributed by atoms with van der Waals surface area (Å²) in [5.41, 5.74) is 4.70. The van der Waals surface area contributed by atoms with Crippen molar-refractivity contribution in [2.45, 2.75) is 31.7 Å². The first-order chi connectivity index (χ1) is 16.0. The minimum absolute atomic E-state index is 0.00625. The van der Waals surface area contributed by atoms with Gasteiger partial charge in [0, 0.05) is 48.3 Å². The molecule has 8 nitrogen and oxygen atoms in total. The monoisotopic (exact) mass is 443 g/mol. The molecule has 3 heterocycles.